The Morgan fingerprint density at radius 3 is 2.93 bits per heavy atom. The largest absolute Gasteiger partial charge is 0.299 e. The van der Waals surface area contributed by atoms with Gasteiger partial charge in [-0.15, -0.1) is 0 Å². The minimum atomic E-state index is 0.207. The standard InChI is InChI=1S/C11H16N2O/c1-10(14)9-13(2)7-5-11-4-3-6-12-8-11/h3-4,6,8H,5,7,9H2,1-2H3. The minimum absolute atomic E-state index is 0.207. The maximum Gasteiger partial charge on any atom is 0.143 e. The fraction of sp³-hybridized carbons (Fsp3) is 0.455. The molecule has 0 fully saturated rings. The van der Waals surface area contributed by atoms with Gasteiger partial charge in [0.25, 0.3) is 0 Å². The molecular formula is C11H16N2O. The molecule has 0 radical (unpaired) electrons. The molecule has 3 heteroatoms. The predicted molar refractivity (Wildman–Crippen MR) is 56.1 cm³/mol. The Morgan fingerprint density at radius 1 is 1.57 bits per heavy atom. The summed E-state index contributed by atoms with van der Waals surface area (Å²) in [5.41, 5.74) is 1.21. The van der Waals surface area contributed by atoms with E-state index in [0.717, 1.165) is 13.0 Å². The van der Waals surface area contributed by atoms with Crippen LogP contribution in [0.4, 0.5) is 0 Å². The van der Waals surface area contributed by atoms with Crippen molar-refractivity contribution in [3.05, 3.63) is 30.1 Å². The first-order chi connectivity index (χ1) is 6.68. The van der Waals surface area contributed by atoms with Crippen LogP contribution in [-0.2, 0) is 11.2 Å². The van der Waals surface area contributed by atoms with Crippen molar-refractivity contribution in [3.63, 3.8) is 0 Å². The Morgan fingerprint density at radius 2 is 2.36 bits per heavy atom. The second kappa shape index (κ2) is 5.50. The van der Waals surface area contributed by atoms with Gasteiger partial charge in [0.2, 0.25) is 0 Å². The highest BCUT2D eigenvalue weighted by Crippen LogP contribution is 1.98. The molecule has 3 nitrogen and oxygen atoms in total. The average molecular weight is 192 g/mol. The summed E-state index contributed by atoms with van der Waals surface area (Å²) in [5.74, 6) is 0.207. The molecule has 0 amide bonds. The van der Waals surface area contributed by atoms with E-state index in [-0.39, 0.29) is 5.78 Å². The van der Waals surface area contributed by atoms with E-state index < -0.39 is 0 Å². The highest BCUT2D eigenvalue weighted by molar-refractivity contribution is 5.77. The van der Waals surface area contributed by atoms with Gasteiger partial charge in [0, 0.05) is 18.9 Å². The van der Waals surface area contributed by atoms with Crippen LogP contribution in [0.1, 0.15) is 12.5 Å². The van der Waals surface area contributed by atoms with Crippen molar-refractivity contribution in [1.29, 1.82) is 0 Å². The monoisotopic (exact) mass is 192 g/mol. The van der Waals surface area contributed by atoms with Crippen LogP contribution in [-0.4, -0.2) is 35.8 Å². The lowest BCUT2D eigenvalue weighted by atomic mass is 10.2. The van der Waals surface area contributed by atoms with Crippen molar-refractivity contribution in [1.82, 2.24) is 9.88 Å². The molecule has 1 aromatic rings. The number of Topliss-reactive ketones (excluding diaryl/α,β-unsaturated/α-hetero) is 1. The molecule has 14 heavy (non-hydrogen) atoms. The van der Waals surface area contributed by atoms with Crippen molar-refractivity contribution in [3.8, 4) is 0 Å². The average Bonchev–Trinajstić information content (AvgIpc) is 2.15. The summed E-state index contributed by atoms with van der Waals surface area (Å²) in [6, 6.07) is 3.98. The topological polar surface area (TPSA) is 33.2 Å². The smallest absolute Gasteiger partial charge is 0.143 e. The third-order valence-corrected chi connectivity index (χ3v) is 2.00. The van der Waals surface area contributed by atoms with Crippen molar-refractivity contribution in [2.45, 2.75) is 13.3 Å². The zero-order valence-electron chi connectivity index (χ0n) is 8.73. The van der Waals surface area contributed by atoms with Crippen molar-refractivity contribution >= 4 is 5.78 Å². The van der Waals surface area contributed by atoms with Crippen LogP contribution in [0.15, 0.2) is 24.5 Å². The molecule has 1 aromatic heterocycles. The van der Waals surface area contributed by atoms with Gasteiger partial charge in [0.15, 0.2) is 0 Å². The number of hydrogen-bond donors (Lipinski definition) is 0. The number of likely N-dealkylation sites (N-methyl/N-ethyl adjacent to an activating group) is 1. The Balaban J connectivity index is 2.30. The number of aromatic nitrogens is 1. The molecule has 0 aliphatic rings. The summed E-state index contributed by atoms with van der Waals surface area (Å²) in [6.07, 6.45) is 4.57. The Kier molecular flexibility index (Phi) is 4.26. The highest BCUT2D eigenvalue weighted by atomic mass is 16.1. The maximum absolute atomic E-state index is 10.8. The fourth-order valence-corrected chi connectivity index (χ4v) is 1.33. The molecule has 0 aliphatic carbocycles. The third-order valence-electron chi connectivity index (χ3n) is 2.00. The maximum atomic E-state index is 10.8. The summed E-state index contributed by atoms with van der Waals surface area (Å²) in [7, 11) is 1.96. The fourth-order valence-electron chi connectivity index (χ4n) is 1.33. The highest BCUT2D eigenvalue weighted by Gasteiger charge is 2.01. The lowest BCUT2D eigenvalue weighted by molar-refractivity contribution is -0.117. The number of nitrogens with zero attached hydrogens (tertiary/aromatic N) is 2. The van der Waals surface area contributed by atoms with E-state index in [1.165, 1.54) is 5.56 Å². The van der Waals surface area contributed by atoms with Crippen LogP contribution in [0, 0.1) is 0 Å². The molecule has 0 aromatic carbocycles. The summed E-state index contributed by atoms with van der Waals surface area (Å²) < 4.78 is 0. The Labute approximate surface area is 84.8 Å². The lowest BCUT2D eigenvalue weighted by Gasteiger charge is -2.13. The van der Waals surface area contributed by atoms with E-state index in [2.05, 4.69) is 11.1 Å². The SMILES string of the molecule is CC(=O)CN(C)CCc1cccnc1. The second-order valence-electron chi connectivity index (χ2n) is 3.55. The van der Waals surface area contributed by atoms with Gasteiger partial charge >= 0.3 is 0 Å². The number of pyridine rings is 1. The summed E-state index contributed by atoms with van der Waals surface area (Å²) >= 11 is 0. The third kappa shape index (κ3) is 4.14. The van der Waals surface area contributed by atoms with E-state index in [4.69, 9.17) is 0 Å². The molecule has 0 saturated heterocycles. The number of hydrogen-bond acceptors (Lipinski definition) is 3. The van der Waals surface area contributed by atoms with Gasteiger partial charge in [-0.25, -0.2) is 0 Å². The van der Waals surface area contributed by atoms with Gasteiger partial charge in [-0.1, -0.05) is 6.07 Å². The Hall–Kier alpha value is -1.22. The van der Waals surface area contributed by atoms with Crippen molar-refractivity contribution < 1.29 is 4.79 Å². The zero-order valence-corrected chi connectivity index (χ0v) is 8.73. The summed E-state index contributed by atoms with van der Waals surface area (Å²) in [6.45, 7) is 3.03. The van der Waals surface area contributed by atoms with Gasteiger partial charge in [-0.05, 0) is 32.0 Å². The minimum Gasteiger partial charge on any atom is -0.299 e. The van der Waals surface area contributed by atoms with Gasteiger partial charge in [0.05, 0.1) is 6.54 Å². The molecule has 0 aliphatic heterocycles. The number of carbonyl (C=O) groups is 1. The van der Waals surface area contributed by atoms with Gasteiger partial charge < -0.3 is 0 Å². The molecule has 0 atom stereocenters. The van der Waals surface area contributed by atoms with E-state index >= 15 is 0 Å². The molecule has 0 spiro atoms. The molecule has 76 valence electrons. The normalized spacial score (nSPS) is 10.5. The van der Waals surface area contributed by atoms with Gasteiger partial charge in [0.1, 0.15) is 5.78 Å². The number of carbonyl (C=O) groups excluding carboxylic acids is 1. The quantitative estimate of drug-likeness (QED) is 0.701. The van der Waals surface area contributed by atoms with Crippen LogP contribution in [0.25, 0.3) is 0 Å². The van der Waals surface area contributed by atoms with Gasteiger partial charge in [-0.2, -0.15) is 0 Å². The molecule has 0 saturated carbocycles. The van der Waals surface area contributed by atoms with Crippen LogP contribution >= 0.6 is 0 Å². The van der Waals surface area contributed by atoms with Crippen molar-refractivity contribution in [2.75, 3.05) is 20.1 Å². The molecule has 0 unspecified atom stereocenters. The lowest BCUT2D eigenvalue weighted by Crippen LogP contribution is -2.26. The molecule has 1 rings (SSSR count). The number of rotatable bonds is 5. The van der Waals surface area contributed by atoms with Crippen molar-refractivity contribution in [2.24, 2.45) is 0 Å². The zero-order chi connectivity index (χ0) is 10.4. The molecule has 0 bridgehead atoms. The van der Waals surface area contributed by atoms with Crippen LogP contribution in [0.2, 0.25) is 0 Å². The number of ketones is 1. The van der Waals surface area contributed by atoms with Crippen LogP contribution in [0.3, 0.4) is 0 Å². The van der Waals surface area contributed by atoms with E-state index in [1.807, 2.05) is 24.2 Å². The summed E-state index contributed by atoms with van der Waals surface area (Å²) in [5, 5.41) is 0. The first-order valence-corrected chi connectivity index (χ1v) is 4.75. The van der Waals surface area contributed by atoms with Crippen LogP contribution < -0.4 is 0 Å². The Bertz CT molecular complexity index is 285. The van der Waals surface area contributed by atoms with E-state index in [0.29, 0.717) is 6.54 Å². The molecular weight excluding hydrogens is 176 g/mol. The first kappa shape index (κ1) is 10.9. The second-order valence-corrected chi connectivity index (χ2v) is 3.55. The van der Waals surface area contributed by atoms with E-state index in [9.17, 15) is 4.79 Å². The molecule has 0 N–H and O–H groups in total. The molecule has 1 heterocycles. The van der Waals surface area contributed by atoms with E-state index in [1.54, 1.807) is 13.1 Å². The van der Waals surface area contributed by atoms with Gasteiger partial charge in [-0.3, -0.25) is 14.7 Å². The first-order valence-electron chi connectivity index (χ1n) is 4.75. The summed E-state index contributed by atoms with van der Waals surface area (Å²) in [4.78, 5) is 16.9. The predicted octanol–water partition coefficient (Wildman–Crippen LogP) is 1.14. The van der Waals surface area contributed by atoms with Crippen LogP contribution in [0.5, 0.6) is 0 Å².